The van der Waals surface area contributed by atoms with Gasteiger partial charge in [-0.3, -0.25) is 28.8 Å². The third-order valence-corrected chi connectivity index (χ3v) is 10.9. The molecule has 1 aromatic heterocycles. The summed E-state index contributed by atoms with van der Waals surface area (Å²) in [6.45, 7) is 14.0. The number of nitrogens with zero attached hydrogens (tertiary/aromatic N) is 5. The maximum atomic E-state index is 14.4. The number of aromatic nitrogens is 1. The minimum atomic E-state index is -1.02. The Labute approximate surface area is 331 Å². The van der Waals surface area contributed by atoms with E-state index >= 15 is 0 Å². The minimum absolute atomic E-state index is 0.0121. The Balaban J connectivity index is 1.88. The smallest absolute Gasteiger partial charge is 0.246 e. The fraction of sp³-hybridized carbons (Fsp3) is 0.634. The molecule has 0 saturated carbocycles. The van der Waals surface area contributed by atoms with Crippen LogP contribution in [-0.4, -0.2) is 118 Å². The number of benzene rings is 1. The Morgan fingerprint density at radius 2 is 1.58 bits per heavy atom. The van der Waals surface area contributed by atoms with Gasteiger partial charge in [-0.25, -0.2) is 4.98 Å². The second-order valence-corrected chi connectivity index (χ2v) is 16.8. The first kappa shape index (κ1) is 45.1. The largest absolute Gasteiger partial charge is 0.342 e. The summed E-state index contributed by atoms with van der Waals surface area (Å²) >= 11 is 1.44. The Hall–Kier alpha value is -4.33. The maximum absolute atomic E-state index is 14.4. The molecule has 1 aliphatic heterocycles. The SMILES string of the molecule is CCCC(=O)N(C)C(C(=O)N1CCCC1C(=O)N(C)C(Cc1ccccc1)C(=O)NC(CC(C)C)C(=O)NC(C(=O)N(C)Cc1nccs1)C(C)C)C(C)C. The predicted octanol–water partition coefficient (Wildman–Crippen LogP) is 4.12. The van der Waals surface area contributed by atoms with E-state index in [0.29, 0.717) is 45.2 Å². The Morgan fingerprint density at radius 1 is 0.909 bits per heavy atom. The van der Waals surface area contributed by atoms with Crippen molar-refractivity contribution in [2.24, 2.45) is 17.8 Å². The van der Waals surface area contributed by atoms with Crippen LogP contribution < -0.4 is 10.6 Å². The van der Waals surface area contributed by atoms with Gasteiger partial charge < -0.3 is 30.2 Å². The van der Waals surface area contributed by atoms with Gasteiger partial charge in [0, 0.05) is 52.1 Å². The van der Waals surface area contributed by atoms with Crippen molar-refractivity contribution in [3.8, 4) is 0 Å². The lowest BCUT2D eigenvalue weighted by Gasteiger charge is -2.37. The van der Waals surface area contributed by atoms with Crippen LogP contribution in [0.15, 0.2) is 41.9 Å². The van der Waals surface area contributed by atoms with Gasteiger partial charge in [-0.1, -0.05) is 78.8 Å². The average molecular weight is 782 g/mol. The fourth-order valence-electron chi connectivity index (χ4n) is 7.12. The summed E-state index contributed by atoms with van der Waals surface area (Å²) in [7, 11) is 4.88. The third kappa shape index (κ3) is 12.3. The summed E-state index contributed by atoms with van der Waals surface area (Å²) in [5.41, 5.74) is 0.816. The summed E-state index contributed by atoms with van der Waals surface area (Å²) < 4.78 is 0. The molecule has 5 atom stereocenters. The molecule has 1 aromatic carbocycles. The molecular weight excluding hydrogens is 719 g/mol. The predicted molar refractivity (Wildman–Crippen MR) is 214 cm³/mol. The van der Waals surface area contributed by atoms with Crippen LogP contribution in [0.4, 0.5) is 0 Å². The van der Waals surface area contributed by atoms with Gasteiger partial charge in [-0.15, -0.1) is 11.3 Å². The van der Waals surface area contributed by atoms with Crippen molar-refractivity contribution in [3.05, 3.63) is 52.5 Å². The lowest BCUT2D eigenvalue weighted by molar-refractivity contribution is -0.152. The van der Waals surface area contributed by atoms with Crippen LogP contribution in [0.25, 0.3) is 0 Å². The summed E-state index contributed by atoms with van der Waals surface area (Å²) in [6, 6.07) is 4.94. The topological polar surface area (TPSA) is 152 Å². The van der Waals surface area contributed by atoms with Crippen LogP contribution in [-0.2, 0) is 41.7 Å². The van der Waals surface area contributed by atoms with Gasteiger partial charge in [0.05, 0.1) is 6.54 Å². The molecule has 1 saturated heterocycles. The van der Waals surface area contributed by atoms with Crippen molar-refractivity contribution in [2.75, 3.05) is 27.7 Å². The first-order chi connectivity index (χ1) is 26.0. The first-order valence-electron chi connectivity index (χ1n) is 19.6. The van der Waals surface area contributed by atoms with E-state index in [4.69, 9.17) is 0 Å². The number of hydrogen-bond donors (Lipinski definition) is 2. The van der Waals surface area contributed by atoms with Gasteiger partial charge in [-0.05, 0) is 49.0 Å². The number of likely N-dealkylation sites (N-methyl/N-ethyl adjacent to an activating group) is 3. The van der Waals surface area contributed by atoms with Gasteiger partial charge in [0.2, 0.25) is 35.4 Å². The number of rotatable bonds is 19. The minimum Gasteiger partial charge on any atom is -0.342 e. The Morgan fingerprint density at radius 3 is 2.15 bits per heavy atom. The highest BCUT2D eigenvalue weighted by Crippen LogP contribution is 2.25. The van der Waals surface area contributed by atoms with E-state index in [-0.39, 0.29) is 47.8 Å². The molecule has 1 aliphatic rings. The molecule has 13 nitrogen and oxygen atoms in total. The molecule has 0 spiro atoms. The van der Waals surface area contributed by atoms with E-state index in [9.17, 15) is 28.8 Å². The van der Waals surface area contributed by atoms with Crippen LogP contribution in [0, 0.1) is 17.8 Å². The zero-order valence-corrected chi connectivity index (χ0v) is 35.2. The van der Waals surface area contributed by atoms with Crippen LogP contribution >= 0.6 is 11.3 Å². The third-order valence-electron chi connectivity index (χ3n) is 10.2. The zero-order valence-electron chi connectivity index (χ0n) is 34.4. The first-order valence-corrected chi connectivity index (χ1v) is 20.5. The van der Waals surface area contributed by atoms with E-state index < -0.39 is 42.0 Å². The number of thiazole rings is 1. The van der Waals surface area contributed by atoms with E-state index in [1.54, 1.807) is 32.2 Å². The molecule has 6 amide bonds. The van der Waals surface area contributed by atoms with Gasteiger partial charge in [-0.2, -0.15) is 0 Å². The number of carbonyl (C=O) groups excluding carboxylic acids is 6. The molecule has 5 unspecified atom stereocenters. The second kappa shape index (κ2) is 21.1. The summed E-state index contributed by atoms with van der Waals surface area (Å²) in [5, 5.41) is 8.48. The highest BCUT2D eigenvalue weighted by Gasteiger charge is 2.43. The number of hydrogen-bond acceptors (Lipinski definition) is 8. The van der Waals surface area contributed by atoms with Gasteiger partial charge in [0.25, 0.3) is 0 Å². The van der Waals surface area contributed by atoms with Crippen LogP contribution in [0.2, 0.25) is 0 Å². The molecule has 2 heterocycles. The van der Waals surface area contributed by atoms with Gasteiger partial charge in [0.1, 0.15) is 35.2 Å². The highest BCUT2D eigenvalue weighted by molar-refractivity contribution is 7.09. The number of nitrogens with one attached hydrogen (secondary N) is 2. The van der Waals surface area contributed by atoms with Gasteiger partial charge >= 0.3 is 0 Å². The van der Waals surface area contributed by atoms with E-state index in [0.717, 1.165) is 10.6 Å². The maximum Gasteiger partial charge on any atom is 0.246 e. The molecule has 304 valence electrons. The molecule has 1 fully saturated rings. The van der Waals surface area contributed by atoms with Crippen molar-refractivity contribution in [2.45, 2.75) is 124 Å². The van der Waals surface area contributed by atoms with E-state index in [2.05, 4.69) is 15.6 Å². The number of carbonyl (C=O) groups is 6. The Bertz CT molecular complexity index is 1580. The van der Waals surface area contributed by atoms with Crippen molar-refractivity contribution >= 4 is 46.8 Å². The molecule has 2 N–H and O–H groups in total. The lowest BCUT2D eigenvalue weighted by Crippen LogP contribution is -2.60. The molecule has 3 rings (SSSR count). The molecule has 0 aliphatic carbocycles. The van der Waals surface area contributed by atoms with Crippen molar-refractivity contribution in [1.82, 2.24) is 35.2 Å². The van der Waals surface area contributed by atoms with E-state index in [1.807, 2.05) is 84.2 Å². The molecule has 0 bridgehead atoms. The second-order valence-electron chi connectivity index (χ2n) is 15.8. The zero-order chi connectivity index (χ0) is 41.0. The van der Waals surface area contributed by atoms with Crippen LogP contribution in [0.1, 0.15) is 91.1 Å². The molecule has 14 heteroatoms. The fourth-order valence-corrected chi connectivity index (χ4v) is 7.79. The monoisotopic (exact) mass is 781 g/mol. The summed E-state index contributed by atoms with van der Waals surface area (Å²) in [4.78, 5) is 93.6. The molecule has 55 heavy (non-hydrogen) atoms. The summed E-state index contributed by atoms with van der Waals surface area (Å²) in [5.74, 6) is -2.47. The number of amides is 6. The summed E-state index contributed by atoms with van der Waals surface area (Å²) in [6.07, 6.45) is 4.15. The standard InChI is InChI=1S/C41H63N7O6S/c1-11-16-34(49)47(10)36(28(6)7)41(54)48-21-15-19-31(48)39(52)46(9)32(24-29-17-13-12-14-18-29)38(51)43-30(23-26(2)3)37(50)44-35(27(4)5)40(53)45(8)25-33-42-20-22-55-33/h12-14,17-18,20,22,26-28,30-32,35-36H,11,15-16,19,21,23-25H2,1-10H3,(H,43,51)(H,44,50). The van der Waals surface area contributed by atoms with Crippen LogP contribution in [0.3, 0.4) is 0 Å². The van der Waals surface area contributed by atoms with Gasteiger partial charge in [0.15, 0.2) is 0 Å². The molecule has 2 aromatic rings. The number of likely N-dealkylation sites (tertiary alicyclic amines) is 1. The molecular formula is C41H63N7O6S. The average Bonchev–Trinajstić information content (AvgIpc) is 3.84. The molecule has 0 radical (unpaired) electrons. The van der Waals surface area contributed by atoms with Crippen LogP contribution in [0.5, 0.6) is 0 Å². The van der Waals surface area contributed by atoms with Crippen molar-refractivity contribution in [1.29, 1.82) is 0 Å². The highest BCUT2D eigenvalue weighted by atomic mass is 32.1. The van der Waals surface area contributed by atoms with Crippen molar-refractivity contribution < 1.29 is 28.8 Å². The lowest BCUT2D eigenvalue weighted by atomic mass is 9.98. The quantitative estimate of drug-likeness (QED) is 0.218. The van der Waals surface area contributed by atoms with E-state index in [1.165, 1.54) is 26.0 Å². The normalized spacial score (nSPS) is 16.4. The Kier molecular flexibility index (Phi) is 17.3. The van der Waals surface area contributed by atoms with Crippen molar-refractivity contribution in [3.63, 3.8) is 0 Å².